The fourth-order valence-electron chi connectivity index (χ4n) is 9.93. The van der Waals surface area contributed by atoms with E-state index >= 15 is 0 Å². The average Bonchev–Trinajstić information content (AvgIpc) is 3.48. The van der Waals surface area contributed by atoms with Crippen molar-refractivity contribution in [1.82, 2.24) is 10.6 Å². The number of amides is 2. The molecule has 0 aromatic rings. The Kier molecular flexibility index (Phi) is 22.9. The molecule has 0 aromatic heterocycles. The number of carboxylic acids is 1. The molecule has 6 fully saturated rings. The van der Waals surface area contributed by atoms with E-state index in [0.29, 0.717) is 0 Å². The summed E-state index contributed by atoms with van der Waals surface area (Å²) in [6.07, 6.45) is -57.0. The molecular weight excluding hydrogens is 1090 g/mol. The van der Waals surface area contributed by atoms with Crippen LogP contribution in [0.1, 0.15) is 20.3 Å². The highest BCUT2D eigenvalue weighted by Crippen LogP contribution is 2.39. The topological polar surface area (TPSA) is 581 Å². The predicted molar refractivity (Wildman–Crippen MR) is 240 cm³/mol. The first-order valence-corrected chi connectivity index (χ1v) is 24.7. The number of aliphatic hydroxyl groups is 19. The fourth-order valence-corrected chi connectivity index (χ4v) is 9.93. The molecule has 0 spiro atoms. The van der Waals surface area contributed by atoms with Crippen molar-refractivity contribution in [1.29, 1.82) is 0 Å². The molecular formula is C43H72N2O34. The van der Waals surface area contributed by atoms with Crippen LogP contribution in [0.3, 0.4) is 0 Å². The Bertz CT molecular complexity index is 1970. The van der Waals surface area contributed by atoms with Gasteiger partial charge in [0.05, 0.1) is 51.8 Å². The molecule has 31 atom stereocenters. The summed E-state index contributed by atoms with van der Waals surface area (Å²) in [5, 5.41) is 217. The molecule has 2 amide bonds. The Labute approximate surface area is 446 Å². The Balaban J connectivity index is 1.16. The van der Waals surface area contributed by atoms with Gasteiger partial charge in [0.15, 0.2) is 31.5 Å². The van der Waals surface area contributed by atoms with Crippen LogP contribution >= 0.6 is 0 Å². The van der Waals surface area contributed by atoms with Crippen LogP contribution in [0, 0.1) is 0 Å². The van der Waals surface area contributed by atoms with Crippen molar-refractivity contribution in [2.75, 3.05) is 39.6 Å². The molecule has 6 aliphatic heterocycles. The highest BCUT2D eigenvalue weighted by atomic mass is 16.8. The van der Waals surface area contributed by atoms with Crippen LogP contribution in [0.2, 0.25) is 0 Å². The van der Waals surface area contributed by atoms with E-state index in [1.165, 1.54) is 0 Å². The quantitative estimate of drug-likeness (QED) is 0.0507. The molecule has 0 aliphatic carbocycles. The van der Waals surface area contributed by atoms with E-state index in [1.807, 2.05) is 0 Å². The van der Waals surface area contributed by atoms with E-state index < -0.39 is 254 Å². The zero-order valence-corrected chi connectivity index (χ0v) is 41.9. The number of hydrogen-bond acceptors (Lipinski definition) is 33. The largest absolute Gasteiger partial charge is 0.477 e. The number of carbonyl (C=O) groups is 3. The molecule has 458 valence electrons. The van der Waals surface area contributed by atoms with Crippen LogP contribution in [-0.4, -0.2) is 349 Å². The lowest BCUT2D eigenvalue weighted by Crippen LogP contribution is -2.71. The van der Waals surface area contributed by atoms with Gasteiger partial charge in [-0.15, -0.1) is 0 Å². The Morgan fingerprint density at radius 2 is 0.975 bits per heavy atom. The SMILES string of the molecule is CC(=O)N[C@@H]1[C@H](OC[C@H]2O[C@@H](O[C@@H]3C(O)[C@H](O)[C@@H](O[C@@H]4[C@@H](O)[C@H](O)[C@H](O)O[C@@H]4CO)O[C@@H]3CO)[C@H](O)[C@H](O)[C@@H]2O)O[C@H](CO)[C@@H](O[C@H]2O[C@@H](CO)[C@@H](O)[C@H](O[C@]3(C(=O)O)C[C@H](O)[C@@H](NC(C)=O)[C@@H]([C@@H](O)[C@@H](O)CO)O3)[C@H]2O)[C@H]1O. The van der Waals surface area contributed by atoms with Crippen LogP contribution in [0.4, 0.5) is 0 Å². The van der Waals surface area contributed by atoms with Crippen LogP contribution < -0.4 is 10.6 Å². The third-order valence-electron chi connectivity index (χ3n) is 14.2. The number of aliphatic hydroxyl groups excluding tert-OH is 19. The predicted octanol–water partition coefficient (Wildman–Crippen LogP) is -14.6. The van der Waals surface area contributed by atoms with E-state index in [4.69, 9.17) is 52.1 Å². The van der Waals surface area contributed by atoms with E-state index in [0.717, 1.165) is 13.8 Å². The molecule has 22 N–H and O–H groups in total. The number of ether oxygens (including phenoxy) is 11. The van der Waals surface area contributed by atoms with Crippen molar-refractivity contribution in [3.8, 4) is 0 Å². The third-order valence-corrected chi connectivity index (χ3v) is 14.2. The van der Waals surface area contributed by atoms with Gasteiger partial charge >= 0.3 is 5.97 Å². The molecule has 6 heterocycles. The zero-order valence-electron chi connectivity index (χ0n) is 41.9. The summed E-state index contributed by atoms with van der Waals surface area (Å²) in [5.74, 6) is -6.94. The Hall–Kier alpha value is -2.79. The first-order valence-electron chi connectivity index (χ1n) is 24.7. The maximum atomic E-state index is 13.0. The Morgan fingerprint density at radius 1 is 0.519 bits per heavy atom. The van der Waals surface area contributed by atoms with Crippen LogP contribution in [-0.2, 0) is 66.5 Å². The molecule has 36 heteroatoms. The fraction of sp³-hybridized carbons (Fsp3) is 0.930. The minimum absolute atomic E-state index is 0.821. The van der Waals surface area contributed by atoms with Crippen molar-refractivity contribution >= 4 is 17.8 Å². The van der Waals surface area contributed by atoms with Gasteiger partial charge in [0.1, 0.15) is 140 Å². The average molecular weight is 1160 g/mol. The highest BCUT2D eigenvalue weighted by Gasteiger charge is 2.61. The molecule has 0 radical (unpaired) electrons. The molecule has 6 rings (SSSR count). The summed E-state index contributed by atoms with van der Waals surface area (Å²) in [6, 6.07) is -3.42. The summed E-state index contributed by atoms with van der Waals surface area (Å²) in [7, 11) is 0. The van der Waals surface area contributed by atoms with Crippen molar-refractivity contribution in [3.05, 3.63) is 0 Å². The van der Waals surface area contributed by atoms with Gasteiger partial charge in [-0.1, -0.05) is 0 Å². The molecule has 1 unspecified atom stereocenters. The normalized spacial score (nSPS) is 47.7. The Morgan fingerprint density at radius 3 is 1.49 bits per heavy atom. The van der Waals surface area contributed by atoms with E-state index in [-0.39, 0.29) is 0 Å². The maximum absolute atomic E-state index is 13.0. The second kappa shape index (κ2) is 27.7. The van der Waals surface area contributed by atoms with Gasteiger partial charge in [0.2, 0.25) is 11.8 Å². The second-order valence-electron chi connectivity index (χ2n) is 19.7. The lowest BCUT2D eigenvalue weighted by atomic mass is 9.88. The lowest BCUT2D eigenvalue weighted by molar-refractivity contribution is -0.385. The summed E-state index contributed by atoms with van der Waals surface area (Å²) < 4.78 is 61.8. The minimum atomic E-state index is -3.18. The number of aliphatic carboxylic acids is 1. The van der Waals surface area contributed by atoms with Crippen LogP contribution in [0.5, 0.6) is 0 Å². The van der Waals surface area contributed by atoms with Gasteiger partial charge in [-0.3, -0.25) is 9.59 Å². The first-order chi connectivity index (χ1) is 37.2. The molecule has 6 aliphatic rings. The number of rotatable bonds is 21. The molecule has 0 saturated carbocycles. The van der Waals surface area contributed by atoms with Gasteiger partial charge < -0.3 is 165 Å². The number of carboxylic acid groups (broad SMARTS) is 1. The first kappa shape index (κ1) is 65.4. The lowest BCUT2D eigenvalue weighted by Gasteiger charge is -2.51. The summed E-state index contributed by atoms with van der Waals surface area (Å²) in [4.78, 5) is 37.5. The van der Waals surface area contributed by atoms with Crippen LogP contribution in [0.25, 0.3) is 0 Å². The van der Waals surface area contributed by atoms with E-state index in [9.17, 15) is 117 Å². The molecule has 0 bridgehead atoms. The van der Waals surface area contributed by atoms with Gasteiger partial charge in [0, 0.05) is 20.3 Å². The van der Waals surface area contributed by atoms with E-state index in [1.54, 1.807) is 0 Å². The molecule has 79 heavy (non-hydrogen) atoms. The number of nitrogens with one attached hydrogen (secondary N) is 2. The van der Waals surface area contributed by atoms with Crippen molar-refractivity contribution < 1.29 is 169 Å². The molecule has 0 aromatic carbocycles. The van der Waals surface area contributed by atoms with E-state index in [2.05, 4.69) is 10.6 Å². The van der Waals surface area contributed by atoms with Gasteiger partial charge in [-0.05, 0) is 0 Å². The van der Waals surface area contributed by atoms with Gasteiger partial charge in [-0.25, -0.2) is 4.79 Å². The van der Waals surface area contributed by atoms with Crippen LogP contribution in [0.15, 0.2) is 0 Å². The second-order valence-corrected chi connectivity index (χ2v) is 19.7. The van der Waals surface area contributed by atoms with Gasteiger partial charge in [-0.2, -0.15) is 0 Å². The highest BCUT2D eigenvalue weighted by molar-refractivity contribution is 5.76. The smallest absolute Gasteiger partial charge is 0.364 e. The minimum Gasteiger partial charge on any atom is -0.477 e. The van der Waals surface area contributed by atoms with Crippen molar-refractivity contribution in [2.45, 2.75) is 210 Å². The maximum Gasteiger partial charge on any atom is 0.364 e. The summed E-state index contributed by atoms with van der Waals surface area (Å²) in [6.45, 7) is -4.17. The summed E-state index contributed by atoms with van der Waals surface area (Å²) >= 11 is 0. The monoisotopic (exact) mass is 1160 g/mol. The van der Waals surface area contributed by atoms with Crippen molar-refractivity contribution in [2.24, 2.45) is 0 Å². The standard InChI is InChI=1S/C43H72N2O34/c1-10(51)44-19-12(53)3-43(42(67)68,78-35(19)21(55)13(54)4-46)79-36-23(57)14(5-47)71-41(31(36)65)75-32-16(7-49)72-38(20(24(32)58)45-11(2)52)69-9-18-22(56)25(59)29(63)39(74-18)77-34-17(8-50)73-40(30(64)27(34)61)76-33-15(6-48)70-37(66)28(62)26(33)60/h12-41,46-50,53-66H,3-9H2,1-2H3,(H,44,51)(H,45,52)(H,67,68)/t12-,13-,14-,15+,16+,17+,18+,19+,20-,21-,22+,23+,24-,25+,26-,27?,28-,29+,30-,31+,32+,33-,34-,35-,36-,37+,38+,39-,40+,41+,43-/m0/s1. The number of carbonyl (C=O) groups excluding carboxylic acids is 2. The van der Waals surface area contributed by atoms with Gasteiger partial charge in [0.25, 0.3) is 5.79 Å². The summed E-state index contributed by atoms with van der Waals surface area (Å²) in [5.41, 5.74) is 0. The molecule has 36 nitrogen and oxygen atoms in total. The number of hydrogen-bond donors (Lipinski definition) is 22. The van der Waals surface area contributed by atoms with Crippen molar-refractivity contribution in [3.63, 3.8) is 0 Å². The third kappa shape index (κ3) is 14.1. The molecule has 6 saturated heterocycles. The zero-order chi connectivity index (χ0) is 58.7.